The predicted molar refractivity (Wildman–Crippen MR) is 73.1 cm³/mol. The van der Waals surface area contributed by atoms with E-state index in [-0.39, 0.29) is 17.9 Å². The number of carbonyl (C=O) groups is 1. The molecule has 2 aromatic rings. The maximum absolute atomic E-state index is 12.4. The van der Waals surface area contributed by atoms with Gasteiger partial charge in [0, 0.05) is 12.6 Å². The number of aromatic nitrogens is 1. The molecule has 0 fully saturated rings. The van der Waals surface area contributed by atoms with Gasteiger partial charge in [-0.15, -0.1) is 0 Å². The van der Waals surface area contributed by atoms with Crippen LogP contribution in [0.2, 0.25) is 0 Å². The van der Waals surface area contributed by atoms with Crippen LogP contribution in [0.1, 0.15) is 34.1 Å². The van der Waals surface area contributed by atoms with Crippen LogP contribution in [-0.4, -0.2) is 10.8 Å². The number of rotatable bonds is 4. The number of alkyl halides is 3. The van der Waals surface area contributed by atoms with E-state index in [9.17, 15) is 18.0 Å². The zero-order valence-electron chi connectivity index (χ0n) is 11.4. The Labute approximate surface area is 120 Å². The van der Waals surface area contributed by atoms with Crippen molar-refractivity contribution in [1.82, 2.24) is 4.98 Å². The minimum atomic E-state index is -4.44. The van der Waals surface area contributed by atoms with Gasteiger partial charge in [0.15, 0.2) is 5.78 Å². The first kappa shape index (κ1) is 15.2. The summed E-state index contributed by atoms with van der Waals surface area (Å²) in [5, 5.41) is 0. The van der Waals surface area contributed by atoms with E-state index in [0.29, 0.717) is 6.20 Å². The van der Waals surface area contributed by atoms with Crippen molar-refractivity contribution in [3.8, 4) is 0 Å². The van der Waals surface area contributed by atoms with Crippen LogP contribution in [0.4, 0.5) is 13.2 Å². The lowest BCUT2D eigenvalue weighted by atomic mass is 10.0. The van der Waals surface area contributed by atoms with Crippen molar-refractivity contribution in [1.29, 1.82) is 0 Å². The second-order valence-corrected chi connectivity index (χ2v) is 4.70. The predicted octanol–water partition coefficient (Wildman–Crippen LogP) is 4.09. The van der Waals surface area contributed by atoms with Crippen LogP contribution in [0, 0.1) is 0 Å². The summed E-state index contributed by atoms with van der Waals surface area (Å²) in [5.41, 5.74) is 1.17. The van der Waals surface area contributed by atoms with Crippen molar-refractivity contribution in [2.75, 3.05) is 0 Å². The third-order valence-electron chi connectivity index (χ3n) is 3.17. The second kappa shape index (κ2) is 6.08. The average molecular weight is 293 g/mol. The molecule has 0 saturated carbocycles. The lowest BCUT2D eigenvalue weighted by Crippen LogP contribution is -2.09. The molecular weight excluding hydrogens is 279 g/mol. The van der Waals surface area contributed by atoms with Gasteiger partial charge in [0.25, 0.3) is 0 Å². The van der Waals surface area contributed by atoms with Crippen LogP contribution < -0.4 is 0 Å². The van der Waals surface area contributed by atoms with Gasteiger partial charge in [-0.2, -0.15) is 13.2 Å². The third kappa shape index (κ3) is 3.90. The molecule has 1 aromatic carbocycles. The van der Waals surface area contributed by atoms with E-state index in [1.165, 1.54) is 5.56 Å². The Hall–Kier alpha value is -2.17. The fraction of sp³-hybridized carbons (Fsp3) is 0.250. The van der Waals surface area contributed by atoms with Crippen molar-refractivity contribution in [3.63, 3.8) is 0 Å². The van der Waals surface area contributed by atoms with Gasteiger partial charge in [-0.1, -0.05) is 31.2 Å². The topological polar surface area (TPSA) is 30.0 Å². The summed E-state index contributed by atoms with van der Waals surface area (Å²) in [6.07, 6.45) is -2.71. The molecule has 0 bridgehead atoms. The molecule has 110 valence electrons. The van der Waals surface area contributed by atoms with E-state index in [4.69, 9.17) is 0 Å². The molecule has 2 nitrogen and oxygen atoms in total. The van der Waals surface area contributed by atoms with E-state index in [0.717, 1.165) is 24.1 Å². The van der Waals surface area contributed by atoms with Crippen LogP contribution in [0.25, 0.3) is 0 Å². The summed E-state index contributed by atoms with van der Waals surface area (Å²) in [7, 11) is 0. The summed E-state index contributed by atoms with van der Waals surface area (Å²) in [5.74, 6) is -0.298. The SMILES string of the molecule is CCc1ccc(CC(=O)c2ccc(C(F)(F)F)cn2)cc1. The second-order valence-electron chi connectivity index (χ2n) is 4.70. The molecule has 0 N–H and O–H groups in total. The van der Waals surface area contributed by atoms with E-state index in [2.05, 4.69) is 4.98 Å². The van der Waals surface area contributed by atoms with Crippen LogP contribution in [0.3, 0.4) is 0 Å². The van der Waals surface area contributed by atoms with Crippen molar-refractivity contribution in [3.05, 3.63) is 65.0 Å². The number of nitrogens with zero attached hydrogens (tertiary/aromatic N) is 1. The highest BCUT2D eigenvalue weighted by atomic mass is 19.4. The molecule has 0 atom stereocenters. The smallest absolute Gasteiger partial charge is 0.292 e. The molecule has 0 amide bonds. The van der Waals surface area contributed by atoms with Crippen LogP contribution >= 0.6 is 0 Å². The summed E-state index contributed by atoms with van der Waals surface area (Å²) >= 11 is 0. The molecule has 0 aliphatic carbocycles. The van der Waals surface area contributed by atoms with Gasteiger partial charge in [0.05, 0.1) is 5.56 Å². The maximum Gasteiger partial charge on any atom is 0.417 e. The van der Waals surface area contributed by atoms with Gasteiger partial charge in [0.2, 0.25) is 0 Å². The van der Waals surface area contributed by atoms with Crippen molar-refractivity contribution >= 4 is 5.78 Å². The quantitative estimate of drug-likeness (QED) is 0.795. The van der Waals surface area contributed by atoms with E-state index < -0.39 is 11.7 Å². The fourth-order valence-electron chi connectivity index (χ4n) is 1.90. The molecule has 0 aliphatic heterocycles. The minimum absolute atomic E-state index is 0.0440. The Morgan fingerprint density at radius 2 is 1.67 bits per heavy atom. The Balaban J connectivity index is 2.09. The molecule has 21 heavy (non-hydrogen) atoms. The maximum atomic E-state index is 12.4. The number of aryl methyl sites for hydroxylation is 1. The average Bonchev–Trinajstić information content (AvgIpc) is 2.47. The third-order valence-corrected chi connectivity index (χ3v) is 3.17. The number of hydrogen-bond acceptors (Lipinski definition) is 2. The lowest BCUT2D eigenvalue weighted by Gasteiger charge is -2.06. The Kier molecular flexibility index (Phi) is 4.40. The number of carbonyl (C=O) groups excluding carboxylic acids is 1. The van der Waals surface area contributed by atoms with E-state index >= 15 is 0 Å². The molecule has 2 rings (SSSR count). The minimum Gasteiger partial charge on any atom is -0.292 e. The zero-order valence-corrected chi connectivity index (χ0v) is 11.4. The summed E-state index contributed by atoms with van der Waals surface area (Å²) in [6.45, 7) is 2.03. The highest BCUT2D eigenvalue weighted by Crippen LogP contribution is 2.28. The fourth-order valence-corrected chi connectivity index (χ4v) is 1.90. The van der Waals surface area contributed by atoms with Crippen LogP contribution in [0.15, 0.2) is 42.6 Å². The number of ketones is 1. The normalized spacial score (nSPS) is 11.4. The van der Waals surface area contributed by atoms with Gasteiger partial charge >= 0.3 is 6.18 Å². The molecular formula is C16H14F3NO. The number of Topliss-reactive ketones (excluding diaryl/α,β-unsaturated/α-hetero) is 1. The van der Waals surface area contributed by atoms with E-state index in [1.807, 2.05) is 31.2 Å². The number of benzene rings is 1. The van der Waals surface area contributed by atoms with Crippen LogP contribution in [0.5, 0.6) is 0 Å². The van der Waals surface area contributed by atoms with Crippen LogP contribution in [-0.2, 0) is 19.0 Å². The zero-order chi connectivity index (χ0) is 15.5. The summed E-state index contributed by atoms with van der Waals surface area (Å²) in [4.78, 5) is 15.6. The Morgan fingerprint density at radius 3 is 2.14 bits per heavy atom. The first-order chi connectivity index (χ1) is 9.90. The van der Waals surface area contributed by atoms with Gasteiger partial charge in [-0.3, -0.25) is 9.78 Å². The van der Waals surface area contributed by atoms with Gasteiger partial charge in [-0.25, -0.2) is 0 Å². The molecule has 0 saturated heterocycles. The monoisotopic (exact) mass is 293 g/mol. The Bertz CT molecular complexity index is 615. The highest BCUT2D eigenvalue weighted by molar-refractivity contribution is 5.95. The Morgan fingerprint density at radius 1 is 1.05 bits per heavy atom. The first-order valence-corrected chi connectivity index (χ1v) is 6.54. The molecule has 0 aliphatic rings. The number of halogens is 3. The molecule has 0 unspecified atom stereocenters. The first-order valence-electron chi connectivity index (χ1n) is 6.54. The van der Waals surface area contributed by atoms with Crippen molar-refractivity contribution in [2.24, 2.45) is 0 Å². The molecule has 0 radical (unpaired) electrons. The molecule has 1 heterocycles. The van der Waals surface area contributed by atoms with Gasteiger partial charge in [-0.05, 0) is 29.7 Å². The summed E-state index contributed by atoms with van der Waals surface area (Å²) < 4.78 is 37.2. The lowest BCUT2D eigenvalue weighted by molar-refractivity contribution is -0.137. The summed E-state index contributed by atoms with van der Waals surface area (Å²) in [6, 6.07) is 9.55. The highest BCUT2D eigenvalue weighted by Gasteiger charge is 2.30. The molecule has 5 heteroatoms. The van der Waals surface area contributed by atoms with Crippen molar-refractivity contribution in [2.45, 2.75) is 25.9 Å². The van der Waals surface area contributed by atoms with Gasteiger partial charge < -0.3 is 0 Å². The number of hydrogen-bond donors (Lipinski definition) is 0. The molecule has 0 spiro atoms. The molecule has 1 aromatic heterocycles. The largest absolute Gasteiger partial charge is 0.417 e. The van der Waals surface area contributed by atoms with E-state index in [1.54, 1.807) is 0 Å². The van der Waals surface area contributed by atoms with Gasteiger partial charge in [0.1, 0.15) is 5.69 Å². The van der Waals surface area contributed by atoms with Crippen molar-refractivity contribution < 1.29 is 18.0 Å². The standard InChI is InChI=1S/C16H14F3NO/c1-2-11-3-5-12(6-4-11)9-15(21)14-8-7-13(10-20-14)16(17,18)19/h3-8,10H,2,9H2,1H3. The number of pyridine rings is 1.